The van der Waals surface area contributed by atoms with E-state index in [2.05, 4.69) is 51.1 Å². The number of hydrogen-bond acceptors (Lipinski definition) is 4. The van der Waals surface area contributed by atoms with Crippen molar-refractivity contribution in [1.82, 2.24) is 30.3 Å². The SMILES string of the molecule is CCNC(=NCCC1CCN(CC)CC1)NC1CCc2nc(CC)nn2C1. The first-order valence-corrected chi connectivity index (χ1v) is 10.9. The fraction of sp³-hybridized carbons (Fsp3) is 0.850. The first kappa shape index (κ1) is 20.1. The second kappa shape index (κ2) is 10.1. The van der Waals surface area contributed by atoms with Crippen LogP contribution in [-0.2, 0) is 19.4 Å². The average Bonchev–Trinajstić information content (AvgIpc) is 3.11. The van der Waals surface area contributed by atoms with Gasteiger partial charge in [0.2, 0.25) is 0 Å². The van der Waals surface area contributed by atoms with Crippen LogP contribution in [0.15, 0.2) is 4.99 Å². The number of likely N-dealkylation sites (tertiary alicyclic amines) is 1. The van der Waals surface area contributed by atoms with Crippen molar-refractivity contribution in [3.63, 3.8) is 0 Å². The zero-order valence-electron chi connectivity index (χ0n) is 17.4. The maximum atomic E-state index is 4.85. The topological polar surface area (TPSA) is 70.4 Å². The average molecular weight is 376 g/mol. The van der Waals surface area contributed by atoms with Crippen LogP contribution in [0.4, 0.5) is 0 Å². The summed E-state index contributed by atoms with van der Waals surface area (Å²) >= 11 is 0. The lowest BCUT2D eigenvalue weighted by Gasteiger charge is -2.30. The number of aromatic nitrogens is 3. The lowest BCUT2D eigenvalue weighted by atomic mass is 9.94. The van der Waals surface area contributed by atoms with E-state index in [1.165, 1.54) is 38.9 Å². The van der Waals surface area contributed by atoms with Gasteiger partial charge in [0, 0.05) is 32.0 Å². The van der Waals surface area contributed by atoms with Crippen LogP contribution in [0.5, 0.6) is 0 Å². The molecule has 1 fully saturated rings. The van der Waals surface area contributed by atoms with Crippen LogP contribution in [0.2, 0.25) is 0 Å². The van der Waals surface area contributed by atoms with Crippen LogP contribution >= 0.6 is 0 Å². The van der Waals surface area contributed by atoms with E-state index in [9.17, 15) is 0 Å². The van der Waals surface area contributed by atoms with Crippen molar-refractivity contribution in [1.29, 1.82) is 0 Å². The van der Waals surface area contributed by atoms with Crippen LogP contribution in [-0.4, -0.2) is 64.4 Å². The smallest absolute Gasteiger partial charge is 0.191 e. The molecule has 2 aliphatic rings. The second-order valence-corrected chi connectivity index (χ2v) is 7.79. The highest BCUT2D eigenvalue weighted by atomic mass is 15.4. The number of fused-ring (bicyclic) bond motifs is 1. The highest BCUT2D eigenvalue weighted by Crippen LogP contribution is 2.20. The predicted molar refractivity (Wildman–Crippen MR) is 110 cm³/mol. The Labute approximate surface area is 164 Å². The maximum Gasteiger partial charge on any atom is 0.191 e. The molecule has 7 heteroatoms. The molecular weight excluding hydrogens is 338 g/mol. The molecule has 0 saturated carbocycles. The zero-order chi connectivity index (χ0) is 19.1. The van der Waals surface area contributed by atoms with Crippen LogP contribution in [0, 0.1) is 5.92 Å². The third-order valence-corrected chi connectivity index (χ3v) is 5.86. The van der Waals surface area contributed by atoms with Crippen LogP contribution in [0.3, 0.4) is 0 Å². The van der Waals surface area contributed by atoms with E-state index in [1.807, 2.05) is 0 Å². The standard InChI is InChI=1S/C20H37N7/c1-4-18-24-19-8-7-17(15-27(19)25-18)23-20(21-5-2)22-12-9-16-10-13-26(6-3)14-11-16/h16-17H,4-15H2,1-3H3,(H2,21,22,23). The molecule has 152 valence electrons. The van der Waals surface area contributed by atoms with Gasteiger partial charge in [0.05, 0.1) is 6.54 Å². The molecular formula is C20H37N7. The molecule has 0 aromatic carbocycles. The Morgan fingerprint density at radius 2 is 2.00 bits per heavy atom. The van der Waals surface area contributed by atoms with E-state index < -0.39 is 0 Å². The molecule has 0 amide bonds. The Kier molecular flexibility index (Phi) is 7.50. The monoisotopic (exact) mass is 375 g/mol. The van der Waals surface area contributed by atoms with Gasteiger partial charge < -0.3 is 15.5 Å². The molecule has 0 bridgehead atoms. The van der Waals surface area contributed by atoms with Crippen LogP contribution < -0.4 is 10.6 Å². The van der Waals surface area contributed by atoms with E-state index >= 15 is 0 Å². The number of hydrogen-bond donors (Lipinski definition) is 2. The van der Waals surface area contributed by atoms with Crippen molar-refractivity contribution in [2.75, 3.05) is 32.7 Å². The molecule has 1 aromatic heterocycles. The second-order valence-electron chi connectivity index (χ2n) is 7.79. The summed E-state index contributed by atoms with van der Waals surface area (Å²) in [5.74, 6) is 3.87. The molecule has 3 heterocycles. The summed E-state index contributed by atoms with van der Waals surface area (Å²) in [7, 11) is 0. The van der Waals surface area contributed by atoms with E-state index in [4.69, 9.17) is 4.99 Å². The third-order valence-electron chi connectivity index (χ3n) is 5.86. The van der Waals surface area contributed by atoms with Crippen molar-refractivity contribution in [2.45, 2.75) is 71.9 Å². The predicted octanol–water partition coefficient (Wildman–Crippen LogP) is 1.83. The molecule has 0 aliphatic carbocycles. The van der Waals surface area contributed by atoms with Gasteiger partial charge in [0.25, 0.3) is 0 Å². The minimum Gasteiger partial charge on any atom is -0.357 e. The Bertz CT molecular complexity index is 601. The molecule has 1 atom stereocenters. The van der Waals surface area contributed by atoms with Gasteiger partial charge in [0.1, 0.15) is 5.82 Å². The van der Waals surface area contributed by atoms with Crippen molar-refractivity contribution in [3.05, 3.63) is 11.6 Å². The molecule has 0 spiro atoms. The van der Waals surface area contributed by atoms with Gasteiger partial charge in [-0.1, -0.05) is 13.8 Å². The summed E-state index contributed by atoms with van der Waals surface area (Å²) in [6.07, 6.45) is 6.82. The molecule has 7 nitrogen and oxygen atoms in total. The van der Waals surface area contributed by atoms with Gasteiger partial charge >= 0.3 is 0 Å². The number of rotatable bonds is 7. The summed E-state index contributed by atoms with van der Waals surface area (Å²) in [5.41, 5.74) is 0. The molecule has 1 saturated heterocycles. The van der Waals surface area contributed by atoms with Crippen LogP contribution in [0.1, 0.15) is 58.1 Å². The number of guanidine groups is 1. The van der Waals surface area contributed by atoms with Crippen LogP contribution in [0.25, 0.3) is 0 Å². The summed E-state index contributed by atoms with van der Waals surface area (Å²) in [5, 5.41) is 11.6. The van der Waals surface area contributed by atoms with Gasteiger partial charge in [-0.15, -0.1) is 0 Å². The van der Waals surface area contributed by atoms with Gasteiger partial charge in [-0.2, -0.15) is 5.10 Å². The number of aryl methyl sites for hydroxylation is 2. The van der Waals surface area contributed by atoms with Gasteiger partial charge in [0.15, 0.2) is 11.8 Å². The minimum atomic E-state index is 0.370. The Morgan fingerprint density at radius 1 is 1.19 bits per heavy atom. The summed E-state index contributed by atoms with van der Waals surface area (Å²) in [4.78, 5) is 12.0. The maximum absolute atomic E-state index is 4.85. The summed E-state index contributed by atoms with van der Waals surface area (Å²) in [6.45, 7) is 12.9. The Balaban J connectivity index is 1.48. The van der Waals surface area contributed by atoms with Crippen molar-refractivity contribution >= 4 is 5.96 Å². The molecule has 3 rings (SSSR count). The van der Waals surface area contributed by atoms with E-state index in [-0.39, 0.29) is 0 Å². The molecule has 27 heavy (non-hydrogen) atoms. The van der Waals surface area contributed by atoms with E-state index in [0.717, 1.165) is 62.4 Å². The van der Waals surface area contributed by atoms with Gasteiger partial charge in [-0.05, 0) is 58.2 Å². The number of aliphatic imine (C=N–C) groups is 1. The first-order valence-electron chi connectivity index (χ1n) is 10.9. The molecule has 2 aliphatic heterocycles. The van der Waals surface area contributed by atoms with E-state index in [0.29, 0.717) is 6.04 Å². The normalized spacial score (nSPS) is 21.9. The lowest BCUT2D eigenvalue weighted by Crippen LogP contribution is -2.47. The number of piperidine rings is 1. The highest BCUT2D eigenvalue weighted by Gasteiger charge is 2.22. The quantitative estimate of drug-likeness (QED) is 0.562. The minimum absolute atomic E-state index is 0.370. The first-order chi connectivity index (χ1) is 13.2. The fourth-order valence-electron chi connectivity index (χ4n) is 4.09. The lowest BCUT2D eigenvalue weighted by molar-refractivity contribution is 0.188. The van der Waals surface area contributed by atoms with Crippen molar-refractivity contribution in [2.24, 2.45) is 10.9 Å². The third kappa shape index (κ3) is 5.67. The summed E-state index contributed by atoms with van der Waals surface area (Å²) < 4.78 is 2.07. The highest BCUT2D eigenvalue weighted by molar-refractivity contribution is 5.80. The van der Waals surface area contributed by atoms with Gasteiger partial charge in [-0.3, -0.25) is 4.99 Å². The molecule has 1 aromatic rings. The summed E-state index contributed by atoms with van der Waals surface area (Å²) in [6, 6.07) is 0.370. The fourth-order valence-corrected chi connectivity index (χ4v) is 4.09. The Morgan fingerprint density at radius 3 is 2.70 bits per heavy atom. The molecule has 1 unspecified atom stereocenters. The van der Waals surface area contributed by atoms with E-state index in [1.54, 1.807) is 0 Å². The molecule has 2 N–H and O–H groups in total. The largest absolute Gasteiger partial charge is 0.357 e. The van der Waals surface area contributed by atoms with Crippen molar-refractivity contribution in [3.8, 4) is 0 Å². The number of nitrogens with one attached hydrogen (secondary N) is 2. The molecule has 0 radical (unpaired) electrons. The number of nitrogens with zero attached hydrogens (tertiary/aromatic N) is 5. The van der Waals surface area contributed by atoms with Gasteiger partial charge in [-0.25, -0.2) is 9.67 Å². The Hall–Kier alpha value is -1.63. The van der Waals surface area contributed by atoms with Crippen molar-refractivity contribution < 1.29 is 0 Å². The zero-order valence-corrected chi connectivity index (χ0v) is 17.4.